The number of ether oxygens (including phenoxy) is 1. The molecule has 1 heterocycles. The molecule has 2 aromatic rings. The number of hydrogen-bond acceptors (Lipinski definition) is 4. The topological polar surface area (TPSA) is 62.7 Å². The summed E-state index contributed by atoms with van der Waals surface area (Å²) in [7, 11) is 1.94. The van der Waals surface area contributed by atoms with Crippen molar-refractivity contribution in [2.24, 2.45) is 17.8 Å². The van der Waals surface area contributed by atoms with Crippen LogP contribution in [0.15, 0.2) is 48.7 Å². The largest absolute Gasteiger partial charge is 0.493 e. The highest BCUT2D eigenvalue weighted by atomic mass is 16.5. The first kappa shape index (κ1) is 19.6. The van der Waals surface area contributed by atoms with Crippen molar-refractivity contribution in [3.8, 4) is 5.75 Å². The number of carbonyl (C=O) groups excluding carboxylic acids is 1. The Morgan fingerprint density at radius 3 is 2.67 bits per heavy atom. The Morgan fingerprint density at radius 1 is 1.17 bits per heavy atom. The van der Waals surface area contributed by atoms with E-state index in [2.05, 4.69) is 4.98 Å². The van der Waals surface area contributed by atoms with Crippen molar-refractivity contribution in [3.05, 3.63) is 59.9 Å². The van der Waals surface area contributed by atoms with Crippen LogP contribution in [0.25, 0.3) is 0 Å². The van der Waals surface area contributed by atoms with Gasteiger partial charge in [-0.1, -0.05) is 12.1 Å². The van der Waals surface area contributed by atoms with Gasteiger partial charge in [0.2, 0.25) is 0 Å². The Bertz CT molecular complexity index is 900. The Labute approximate surface area is 178 Å². The molecule has 0 saturated heterocycles. The van der Waals surface area contributed by atoms with Gasteiger partial charge in [0.05, 0.1) is 12.2 Å². The maximum absolute atomic E-state index is 13.3. The third kappa shape index (κ3) is 3.71. The van der Waals surface area contributed by atoms with Gasteiger partial charge in [-0.05, 0) is 80.2 Å². The van der Waals surface area contributed by atoms with Gasteiger partial charge in [-0.15, -0.1) is 0 Å². The molecule has 4 saturated carbocycles. The summed E-state index contributed by atoms with van der Waals surface area (Å²) in [6, 6.07) is 13.6. The number of hydrogen-bond donors (Lipinski definition) is 1. The lowest BCUT2D eigenvalue weighted by Crippen LogP contribution is -2.61. The van der Waals surface area contributed by atoms with Gasteiger partial charge in [0.15, 0.2) is 0 Å². The number of amides is 1. The minimum absolute atomic E-state index is 0.0506. The molecule has 4 bridgehead atoms. The highest BCUT2D eigenvalue weighted by molar-refractivity contribution is 5.94. The van der Waals surface area contributed by atoms with E-state index in [0.29, 0.717) is 35.7 Å². The summed E-state index contributed by atoms with van der Waals surface area (Å²) < 4.78 is 5.89. The first-order valence-electron chi connectivity index (χ1n) is 11.1. The monoisotopic (exact) mass is 406 g/mol. The molecule has 0 spiro atoms. The molecule has 6 rings (SSSR count). The molecule has 4 fully saturated rings. The van der Waals surface area contributed by atoms with Gasteiger partial charge in [-0.25, -0.2) is 0 Å². The summed E-state index contributed by atoms with van der Waals surface area (Å²) in [4.78, 5) is 19.6. The zero-order valence-electron chi connectivity index (χ0n) is 17.5. The van der Waals surface area contributed by atoms with Crippen LogP contribution in [-0.2, 0) is 6.42 Å². The van der Waals surface area contributed by atoms with Crippen LogP contribution >= 0.6 is 0 Å². The van der Waals surface area contributed by atoms with Crippen molar-refractivity contribution in [1.82, 2.24) is 9.88 Å². The summed E-state index contributed by atoms with van der Waals surface area (Å²) in [6.07, 6.45) is 7.47. The summed E-state index contributed by atoms with van der Waals surface area (Å²) in [5, 5.41) is 10.8. The minimum atomic E-state index is -0.474. The normalized spacial score (nSPS) is 31.5. The molecule has 5 heteroatoms. The van der Waals surface area contributed by atoms with E-state index in [1.165, 1.54) is 0 Å². The molecule has 2 unspecified atom stereocenters. The molecule has 30 heavy (non-hydrogen) atoms. The number of nitrogens with zero attached hydrogens (tertiary/aromatic N) is 2. The van der Waals surface area contributed by atoms with Crippen LogP contribution in [0.2, 0.25) is 0 Å². The van der Waals surface area contributed by atoms with E-state index in [1.54, 1.807) is 6.20 Å². The Hall–Kier alpha value is -2.40. The zero-order valence-corrected chi connectivity index (χ0v) is 17.5. The zero-order chi connectivity index (χ0) is 20.7. The lowest BCUT2D eigenvalue weighted by atomic mass is 9.52. The van der Waals surface area contributed by atoms with Gasteiger partial charge < -0.3 is 14.7 Å². The van der Waals surface area contributed by atoms with Gasteiger partial charge in [-0.2, -0.15) is 0 Å². The SMILES string of the molecule is CN(C(=O)c1cccc(OCCc2ccccn2)c1)C1C2CC3CC1CC(O)(C3)C2. The van der Waals surface area contributed by atoms with Crippen molar-refractivity contribution in [2.45, 2.75) is 50.2 Å². The highest BCUT2D eigenvalue weighted by Crippen LogP contribution is 2.56. The van der Waals surface area contributed by atoms with E-state index < -0.39 is 5.60 Å². The van der Waals surface area contributed by atoms with Gasteiger partial charge in [0, 0.05) is 37.0 Å². The van der Waals surface area contributed by atoms with Crippen molar-refractivity contribution >= 4 is 5.91 Å². The van der Waals surface area contributed by atoms with Crippen molar-refractivity contribution < 1.29 is 14.6 Å². The van der Waals surface area contributed by atoms with E-state index in [-0.39, 0.29) is 11.9 Å². The summed E-state index contributed by atoms with van der Waals surface area (Å²) >= 11 is 0. The molecule has 1 amide bonds. The number of pyridine rings is 1. The summed E-state index contributed by atoms with van der Waals surface area (Å²) in [5.41, 5.74) is 1.19. The third-order valence-electron chi connectivity index (χ3n) is 7.39. The second kappa shape index (κ2) is 7.69. The van der Waals surface area contributed by atoms with Crippen molar-refractivity contribution in [2.75, 3.05) is 13.7 Å². The predicted octanol–water partition coefficient (Wildman–Crippen LogP) is 3.71. The fourth-order valence-electron chi connectivity index (χ4n) is 6.46. The molecule has 4 aliphatic rings. The van der Waals surface area contributed by atoms with Gasteiger partial charge >= 0.3 is 0 Å². The molecule has 1 aromatic heterocycles. The molecular formula is C25H30N2O3. The maximum Gasteiger partial charge on any atom is 0.253 e. The van der Waals surface area contributed by atoms with E-state index in [4.69, 9.17) is 4.74 Å². The molecule has 5 nitrogen and oxygen atoms in total. The molecule has 158 valence electrons. The fraction of sp³-hybridized carbons (Fsp3) is 0.520. The van der Waals surface area contributed by atoms with Gasteiger partial charge in [0.1, 0.15) is 5.75 Å². The fourth-order valence-corrected chi connectivity index (χ4v) is 6.46. The predicted molar refractivity (Wildman–Crippen MR) is 114 cm³/mol. The van der Waals surface area contributed by atoms with Crippen LogP contribution < -0.4 is 4.74 Å². The lowest BCUT2D eigenvalue weighted by Gasteiger charge is -2.59. The Kier molecular flexibility index (Phi) is 5.02. The first-order chi connectivity index (χ1) is 14.5. The maximum atomic E-state index is 13.3. The van der Waals surface area contributed by atoms with Gasteiger partial charge in [-0.3, -0.25) is 9.78 Å². The average molecular weight is 407 g/mol. The van der Waals surface area contributed by atoms with E-state index in [1.807, 2.05) is 54.4 Å². The molecule has 2 atom stereocenters. The third-order valence-corrected chi connectivity index (χ3v) is 7.39. The van der Waals surface area contributed by atoms with Crippen molar-refractivity contribution in [1.29, 1.82) is 0 Å². The molecular weight excluding hydrogens is 376 g/mol. The van der Waals surface area contributed by atoms with Crippen LogP contribution in [0, 0.1) is 17.8 Å². The molecule has 4 aliphatic carbocycles. The molecule has 1 N–H and O–H groups in total. The standard InChI is InChI=1S/C25H30N2O3/c1-27(23-19-11-17-12-20(23)16-25(29,14-17)15-19)24(28)18-5-4-7-22(13-18)30-10-8-21-6-2-3-9-26-21/h2-7,9,13,17,19-20,23,29H,8,10-12,14-16H2,1H3. The highest BCUT2D eigenvalue weighted by Gasteiger charge is 2.56. The van der Waals surface area contributed by atoms with Crippen LogP contribution in [0.5, 0.6) is 5.75 Å². The average Bonchev–Trinajstić information content (AvgIpc) is 2.72. The van der Waals surface area contributed by atoms with Gasteiger partial charge in [0.25, 0.3) is 5.91 Å². The number of rotatable bonds is 6. The quantitative estimate of drug-likeness (QED) is 0.794. The van der Waals surface area contributed by atoms with Crippen LogP contribution in [0.1, 0.15) is 48.2 Å². The van der Waals surface area contributed by atoms with Crippen LogP contribution in [-0.4, -0.2) is 46.2 Å². The van der Waals surface area contributed by atoms with Crippen LogP contribution in [0.3, 0.4) is 0 Å². The molecule has 1 aromatic carbocycles. The van der Waals surface area contributed by atoms with Crippen molar-refractivity contribution in [3.63, 3.8) is 0 Å². The van der Waals surface area contributed by atoms with E-state index >= 15 is 0 Å². The number of aliphatic hydroxyl groups is 1. The number of aromatic nitrogens is 1. The van der Waals surface area contributed by atoms with Crippen LogP contribution in [0.4, 0.5) is 0 Å². The lowest BCUT2D eigenvalue weighted by molar-refractivity contribution is -0.152. The first-order valence-corrected chi connectivity index (χ1v) is 11.1. The summed E-state index contributed by atoms with van der Waals surface area (Å²) in [5.74, 6) is 2.25. The number of benzene rings is 1. The minimum Gasteiger partial charge on any atom is -0.493 e. The second-order valence-electron chi connectivity index (χ2n) is 9.55. The van der Waals surface area contributed by atoms with E-state index in [0.717, 1.165) is 44.2 Å². The smallest absolute Gasteiger partial charge is 0.253 e. The summed E-state index contributed by atoms with van der Waals surface area (Å²) in [6.45, 7) is 0.525. The van der Waals surface area contributed by atoms with E-state index in [9.17, 15) is 9.90 Å². The second-order valence-corrected chi connectivity index (χ2v) is 9.55. The molecule has 0 radical (unpaired) electrons. The molecule has 0 aliphatic heterocycles. The Balaban J connectivity index is 1.24. The Morgan fingerprint density at radius 2 is 1.97 bits per heavy atom. The number of carbonyl (C=O) groups is 1.